The Morgan fingerprint density at radius 3 is 2.71 bits per heavy atom. The molecule has 0 spiro atoms. The number of aryl methyl sites for hydroxylation is 1. The highest BCUT2D eigenvalue weighted by molar-refractivity contribution is 5.79. The number of hydrogen-bond acceptors (Lipinski definition) is 3. The molecule has 3 unspecified atom stereocenters. The Bertz CT molecular complexity index is 734. The van der Waals surface area contributed by atoms with Gasteiger partial charge in [-0.15, -0.1) is 0 Å². The number of benzene rings is 2. The Labute approximate surface area is 141 Å². The van der Waals surface area contributed by atoms with Crippen molar-refractivity contribution in [2.45, 2.75) is 38.4 Å². The third-order valence-electron chi connectivity index (χ3n) is 4.36. The fourth-order valence-electron chi connectivity index (χ4n) is 3.23. The van der Waals surface area contributed by atoms with E-state index in [4.69, 9.17) is 0 Å². The summed E-state index contributed by atoms with van der Waals surface area (Å²) in [6, 6.07) is 14.6. The van der Waals surface area contributed by atoms with Crippen molar-refractivity contribution in [3.8, 4) is 0 Å². The molecule has 126 valence electrons. The number of hydrogen-bond donors (Lipinski definition) is 3. The highest BCUT2D eigenvalue weighted by Gasteiger charge is 2.35. The highest BCUT2D eigenvalue weighted by atomic mass is 19.1. The monoisotopic (exact) mass is 327 g/mol. The summed E-state index contributed by atoms with van der Waals surface area (Å²) in [6.07, 6.45) is -0.0481. The molecule has 0 bridgehead atoms. The van der Waals surface area contributed by atoms with E-state index in [0.717, 1.165) is 0 Å². The highest BCUT2D eigenvalue weighted by Crippen LogP contribution is 2.26. The van der Waals surface area contributed by atoms with Crippen LogP contribution >= 0.6 is 0 Å². The van der Waals surface area contributed by atoms with Crippen LogP contribution in [0.15, 0.2) is 48.5 Å². The van der Waals surface area contributed by atoms with E-state index in [0.29, 0.717) is 5.56 Å². The lowest BCUT2D eigenvalue weighted by atomic mass is 9.90. The third kappa shape index (κ3) is 3.80. The van der Waals surface area contributed by atoms with E-state index in [1.54, 1.807) is 12.1 Å². The minimum atomic E-state index is -0.327. The fourth-order valence-corrected chi connectivity index (χ4v) is 3.23. The minimum Gasteiger partial charge on any atom is -0.339 e. The van der Waals surface area contributed by atoms with Crippen molar-refractivity contribution < 1.29 is 9.18 Å². The van der Waals surface area contributed by atoms with E-state index in [1.807, 2.05) is 6.07 Å². The van der Waals surface area contributed by atoms with Crippen molar-refractivity contribution in [1.82, 2.24) is 16.2 Å². The van der Waals surface area contributed by atoms with Gasteiger partial charge in [-0.05, 0) is 37.1 Å². The Hall–Kier alpha value is -2.24. The summed E-state index contributed by atoms with van der Waals surface area (Å²) < 4.78 is 13.2. The van der Waals surface area contributed by atoms with Gasteiger partial charge in [-0.3, -0.25) is 10.2 Å². The summed E-state index contributed by atoms with van der Waals surface area (Å²) in [7, 11) is 0. The van der Waals surface area contributed by atoms with Gasteiger partial charge < -0.3 is 5.32 Å². The SMILES string of the molecule is Cc1cccc(C2C(C)NNC2NC(=O)Cc2cccc(F)c2)c1. The van der Waals surface area contributed by atoms with E-state index in [9.17, 15) is 9.18 Å². The Morgan fingerprint density at radius 1 is 1.17 bits per heavy atom. The first-order valence-corrected chi connectivity index (χ1v) is 8.14. The summed E-state index contributed by atoms with van der Waals surface area (Å²) in [5, 5.41) is 3.01. The molecule has 0 aliphatic carbocycles. The number of nitrogens with one attached hydrogen (secondary N) is 3. The van der Waals surface area contributed by atoms with Crippen molar-refractivity contribution in [3.63, 3.8) is 0 Å². The Morgan fingerprint density at radius 2 is 1.96 bits per heavy atom. The van der Waals surface area contributed by atoms with Crippen molar-refractivity contribution >= 4 is 5.91 Å². The molecule has 3 atom stereocenters. The molecule has 3 rings (SSSR count). The predicted octanol–water partition coefficient (Wildman–Crippen LogP) is 2.40. The van der Waals surface area contributed by atoms with Gasteiger partial charge in [-0.25, -0.2) is 9.82 Å². The number of amides is 1. The van der Waals surface area contributed by atoms with Gasteiger partial charge in [0.05, 0.1) is 6.42 Å². The molecule has 0 radical (unpaired) electrons. The maximum absolute atomic E-state index is 13.2. The molecule has 2 aromatic rings. The number of carbonyl (C=O) groups is 1. The van der Waals surface area contributed by atoms with Gasteiger partial charge in [0.15, 0.2) is 0 Å². The maximum atomic E-state index is 13.2. The van der Waals surface area contributed by atoms with E-state index in [2.05, 4.69) is 48.2 Å². The standard InChI is InChI=1S/C19H22FN3O/c1-12-5-3-7-15(9-12)18-13(2)22-23-19(18)21-17(24)11-14-6-4-8-16(20)10-14/h3-10,13,18-19,22-23H,11H2,1-2H3,(H,21,24). The second kappa shape index (κ2) is 7.11. The molecule has 1 saturated heterocycles. The predicted molar refractivity (Wildman–Crippen MR) is 91.7 cm³/mol. The normalized spacial score (nSPS) is 23.2. The van der Waals surface area contributed by atoms with Gasteiger partial charge in [0, 0.05) is 12.0 Å². The van der Waals surface area contributed by atoms with E-state index in [-0.39, 0.29) is 36.3 Å². The zero-order valence-corrected chi connectivity index (χ0v) is 13.8. The van der Waals surface area contributed by atoms with Gasteiger partial charge in [0.1, 0.15) is 12.0 Å². The average Bonchev–Trinajstić information content (AvgIpc) is 2.87. The quantitative estimate of drug-likeness (QED) is 0.808. The minimum absolute atomic E-state index is 0.126. The topological polar surface area (TPSA) is 53.2 Å². The van der Waals surface area contributed by atoms with Crippen LogP contribution < -0.4 is 16.2 Å². The maximum Gasteiger partial charge on any atom is 0.225 e. The zero-order chi connectivity index (χ0) is 17.1. The first-order valence-electron chi connectivity index (χ1n) is 8.14. The van der Waals surface area contributed by atoms with Crippen LogP contribution in [0.5, 0.6) is 0 Å². The van der Waals surface area contributed by atoms with Crippen molar-refractivity contribution in [2.75, 3.05) is 0 Å². The summed E-state index contributed by atoms with van der Waals surface area (Å²) in [5.41, 5.74) is 9.37. The second-order valence-electron chi connectivity index (χ2n) is 6.37. The van der Waals surface area contributed by atoms with Crippen molar-refractivity contribution in [1.29, 1.82) is 0 Å². The number of halogens is 1. The van der Waals surface area contributed by atoms with Crippen LogP contribution in [-0.4, -0.2) is 18.1 Å². The molecule has 1 heterocycles. The molecule has 3 N–H and O–H groups in total. The molecule has 1 fully saturated rings. The van der Waals surface area contributed by atoms with Gasteiger partial charge in [0.2, 0.25) is 5.91 Å². The molecule has 1 aliphatic heterocycles. The van der Waals surface area contributed by atoms with Crippen LogP contribution in [0.2, 0.25) is 0 Å². The third-order valence-corrected chi connectivity index (χ3v) is 4.36. The van der Waals surface area contributed by atoms with E-state index in [1.165, 1.54) is 23.3 Å². The first kappa shape index (κ1) is 16.6. The van der Waals surface area contributed by atoms with E-state index >= 15 is 0 Å². The molecule has 4 nitrogen and oxygen atoms in total. The Kier molecular flexibility index (Phi) is 4.92. The summed E-state index contributed by atoms with van der Waals surface area (Å²) >= 11 is 0. The number of hydrazine groups is 1. The number of rotatable bonds is 4. The lowest BCUT2D eigenvalue weighted by molar-refractivity contribution is -0.121. The fraction of sp³-hybridized carbons (Fsp3) is 0.316. The number of carbonyl (C=O) groups excluding carboxylic acids is 1. The van der Waals surface area contributed by atoms with Crippen LogP contribution in [0.25, 0.3) is 0 Å². The van der Waals surface area contributed by atoms with Crippen molar-refractivity contribution in [2.24, 2.45) is 0 Å². The molecular weight excluding hydrogens is 305 g/mol. The molecule has 1 aliphatic rings. The Balaban J connectivity index is 1.70. The van der Waals surface area contributed by atoms with Crippen LogP contribution in [0.4, 0.5) is 4.39 Å². The molecule has 1 amide bonds. The van der Waals surface area contributed by atoms with Crippen LogP contribution in [0, 0.1) is 12.7 Å². The molecule has 24 heavy (non-hydrogen) atoms. The van der Waals surface area contributed by atoms with Gasteiger partial charge in [-0.1, -0.05) is 42.0 Å². The molecule has 0 aromatic heterocycles. The van der Waals surface area contributed by atoms with Gasteiger partial charge in [-0.2, -0.15) is 0 Å². The first-order chi connectivity index (χ1) is 11.5. The smallest absolute Gasteiger partial charge is 0.225 e. The van der Waals surface area contributed by atoms with Crippen LogP contribution in [0.1, 0.15) is 29.5 Å². The van der Waals surface area contributed by atoms with Crippen LogP contribution in [0.3, 0.4) is 0 Å². The second-order valence-corrected chi connectivity index (χ2v) is 6.37. The summed E-state index contributed by atoms with van der Waals surface area (Å²) in [6.45, 7) is 4.14. The molecule has 0 saturated carbocycles. The summed E-state index contributed by atoms with van der Waals surface area (Å²) in [5.74, 6) is -0.333. The molecule has 2 aromatic carbocycles. The zero-order valence-electron chi connectivity index (χ0n) is 13.8. The van der Waals surface area contributed by atoms with Crippen LogP contribution in [-0.2, 0) is 11.2 Å². The lowest BCUT2D eigenvalue weighted by Crippen LogP contribution is -2.46. The average molecular weight is 327 g/mol. The molecular formula is C19H22FN3O. The van der Waals surface area contributed by atoms with Crippen molar-refractivity contribution in [3.05, 3.63) is 71.0 Å². The van der Waals surface area contributed by atoms with Gasteiger partial charge in [0.25, 0.3) is 0 Å². The van der Waals surface area contributed by atoms with E-state index < -0.39 is 0 Å². The van der Waals surface area contributed by atoms with Gasteiger partial charge >= 0.3 is 0 Å². The molecule has 5 heteroatoms. The largest absolute Gasteiger partial charge is 0.339 e. The lowest BCUT2D eigenvalue weighted by Gasteiger charge is -2.23. The summed E-state index contributed by atoms with van der Waals surface area (Å²) in [4.78, 5) is 12.3.